The smallest absolute Gasteiger partial charge is 0.139 e. The van der Waals surface area contributed by atoms with Crippen molar-refractivity contribution in [2.24, 2.45) is 0 Å². The zero-order valence-corrected chi connectivity index (χ0v) is 36.0. The summed E-state index contributed by atoms with van der Waals surface area (Å²) in [5.74, 6) is 0. The quantitative estimate of drug-likeness (QED) is 0.168. The van der Waals surface area contributed by atoms with Gasteiger partial charge in [-0.2, -0.15) is 0 Å². The summed E-state index contributed by atoms with van der Waals surface area (Å²) in [5.41, 5.74) is 12.6. The van der Waals surface area contributed by atoms with Gasteiger partial charge in [-0.25, -0.2) is 0 Å². The zero-order valence-electron chi connectivity index (χ0n) is 36.0. The van der Waals surface area contributed by atoms with Crippen LogP contribution in [-0.2, 0) is 10.8 Å². The number of para-hydroxylation sites is 4. The van der Waals surface area contributed by atoms with Crippen molar-refractivity contribution in [2.45, 2.75) is 52.4 Å². The molecular weight excluding hydrogens is 757 g/mol. The maximum Gasteiger partial charge on any atom is 0.139 e. The van der Waals surface area contributed by atoms with Gasteiger partial charge in [-0.3, -0.25) is 0 Å². The van der Waals surface area contributed by atoms with Crippen LogP contribution in [0.15, 0.2) is 191 Å². The number of furan rings is 2. The molecule has 0 radical (unpaired) electrons. The van der Waals surface area contributed by atoms with Gasteiger partial charge < -0.3 is 18.6 Å². The van der Waals surface area contributed by atoms with Gasteiger partial charge >= 0.3 is 0 Å². The van der Waals surface area contributed by atoms with Crippen molar-refractivity contribution < 1.29 is 8.83 Å². The lowest BCUT2D eigenvalue weighted by Gasteiger charge is -2.32. The van der Waals surface area contributed by atoms with E-state index in [2.05, 4.69) is 233 Å². The number of rotatable bonds is 6. The fourth-order valence-corrected chi connectivity index (χ4v) is 9.40. The Morgan fingerprint density at radius 1 is 0.306 bits per heavy atom. The molecule has 11 rings (SSSR count). The molecule has 9 aromatic carbocycles. The summed E-state index contributed by atoms with van der Waals surface area (Å²) in [4.78, 5) is 4.75. The van der Waals surface area contributed by atoms with Crippen molar-refractivity contribution in [1.82, 2.24) is 0 Å². The third-order valence-electron chi connectivity index (χ3n) is 12.4. The van der Waals surface area contributed by atoms with E-state index in [0.717, 1.165) is 88.2 Å². The van der Waals surface area contributed by atoms with Gasteiger partial charge in [0.15, 0.2) is 0 Å². The largest absolute Gasteiger partial charge is 0.456 e. The van der Waals surface area contributed by atoms with Crippen molar-refractivity contribution >= 4 is 99.5 Å². The van der Waals surface area contributed by atoms with E-state index in [0.29, 0.717) is 0 Å². The van der Waals surface area contributed by atoms with Gasteiger partial charge in [0.25, 0.3) is 0 Å². The summed E-state index contributed by atoms with van der Waals surface area (Å²) < 4.78 is 13.3. The van der Waals surface area contributed by atoms with E-state index < -0.39 is 0 Å². The van der Waals surface area contributed by atoms with Gasteiger partial charge in [-0.05, 0) is 134 Å². The minimum absolute atomic E-state index is 0.0359. The minimum atomic E-state index is -0.0359. The normalized spacial score (nSPS) is 12.4. The summed E-state index contributed by atoms with van der Waals surface area (Å²) in [5, 5.41) is 8.92. The Kier molecular flexibility index (Phi) is 8.59. The van der Waals surface area contributed by atoms with Gasteiger partial charge in [0.1, 0.15) is 22.3 Å². The maximum absolute atomic E-state index is 6.66. The van der Waals surface area contributed by atoms with Gasteiger partial charge in [-0.1, -0.05) is 126 Å². The number of fused-ring (bicyclic) bond motifs is 8. The first-order chi connectivity index (χ1) is 30.0. The molecule has 0 unspecified atom stereocenters. The third kappa shape index (κ3) is 6.37. The summed E-state index contributed by atoms with van der Waals surface area (Å²) in [6, 6.07) is 65.6. The highest BCUT2D eigenvalue weighted by molar-refractivity contribution is 6.18. The van der Waals surface area contributed by atoms with E-state index in [4.69, 9.17) is 8.83 Å². The molecule has 0 spiro atoms. The topological polar surface area (TPSA) is 32.8 Å². The molecule has 0 saturated carbocycles. The number of benzene rings is 9. The molecule has 4 nitrogen and oxygen atoms in total. The van der Waals surface area contributed by atoms with Gasteiger partial charge in [-0.15, -0.1) is 0 Å². The second-order valence-corrected chi connectivity index (χ2v) is 18.7. The Morgan fingerprint density at radius 2 is 0.677 bits per heavy atom. The third-order valence-corrected chi connectivity index (χ3v) is 12.4. The molecule has 302 valence electrons. The summed E-state index contributed by atoms with van der Waals surface area (Å²) in [6.07, 6.45) is 0. The second kappa shape index (κ2) is 14.1. The molecule has 0 N–H and O–H groups in total. The highest BCUT2D eigenvalue weighted by Gasteiger charge is 2.25. The predicted molar refractivity (Wildman–Crippen MR) is 263 cm³/mol. The number of hydrogen-bond donors (Lipinski definition) is 0. The van der Waals surface area contributed by atoms with Crippen molar-refractivity contribution in [3.05, 3.63) is 193 Å². The number of hydrogen-bond acceptors (Lipinski definition) is 4. The van der Waals surface area contributed by atoms with E-state index in [-0.39, 0.29) is 10.8 Å². The van der Waals surface area contributed by atoms with E-state index >= 15 is 0 Å². The van der Waals surface area contributed by atoms with Crippen LogP contribution in [0, 0.1) is 0 Å². The van der Waals surface area contributed by atoms with Crippen LogP contribution in [0.25, 0.3) is 65.4 Å². The lowest BCUT2D eigenvalue weighted by molar-refractivity contribution is 0.590. The molecule has 0 amide bonds. The van der Waals surface area contributed by atoms with E-state index in [9.17, 15) is 0 Å². The predicted octanol–water partition coefficient (Wildman–Crippen LogP) is 17.3. The van der Waals surface area contributed by atoms with Crippen LogP contribution < -0.4 is 9.80 Å². The first-order valence-electron chi connectivity index (χ1n) is 21.6. The Balaban J connectivity index is 1.01. The molecule has 62 heavy (non-hydrogen) atoms. The van der Waals surface area contributed by atoms with Crippen molar-refractivity contribution in [2.75, 3.05) is 9.80 Å². The van der Waals surface area contributed by atoms with Gasteiger partial charge in [0, 0.05) is 61.7 Å². The Morgan fingerprint density at radius 3 is 1.10 bits per heavy atom. The summed E-state index contributed by atoms with van der Waals surface area (Å²) >= 11 is 0. The first kappa shape index (κ1) is 37.7. The molecule has 2 aromatic heterocycles. The van der Waals surface area contributed by atoms with Crippen LogP contribution >= 0.6 is 0 Å². The minimum Gasteiger partial charge on any atom is -0.456 e. The molecule has 11 aromatic rings. The van der Waals surface area contributed by atoms with Crippen molar-refractivity contribution in [3.8, 4) is 0 Å². The maximum atomic E-state index is 6.66. The van der Waals surface area contributed by atoms with E-state index in [1.165, 1.54) is 22.5 Å². The fourth-order valence-electron chi connectivity index (χ4n) is 9.40. The molecular formula is C58H48N2O2. The van der Waals surface area contributed by atoms with Gasteiger partial charge in [0.05, 0.1) is 0 Å². The molecule has 0 fully saturated rings. The Labute approximate surface area is 362 Å². The number of nitrogens with zero attached hydrogens (tertiary/aromatic N) is 2. The van der Waals surface area contributed by atoms with Crippen LogP contribution in [0.2, 0.25) is 0 Å². The Bertz CT molecular complexity index is 3260. The molecule has 0 aliphatic carbocycles. The van der Waals surface area contributed by atoms with Crippen molar-refractivity contribution in [3.63, 3.8) is 0 Å². The fraction of sp³-hybridized carbons (Fsp3) is 0.138. The molecule has 0 aliphatic heterocycles. The standard InChI is InChI=1S/C58H48N2O2/c1-57(2,3)49-21-13-15-23-51(49)59(41-17-9-7-10-18-41)43-27-25-37-31-45-47-35-48-46-32-38-26-28-44(60(42-19-11-8-12-20-42)52-24-16-14-22-50(52)58(4,5)6)30-40(38)34-54(46)62-56(48)36-55(47)61-53(45)33-39(37)29-43/h7-36H,1-6H3. The zero-order chi connectivity index (χ0) is 42.3. The molecule has 0 saturated heterocycles. The first-order valence-corrected chi connectivity index (χ1v) is 21.6. The lowest BCUT2D eigenvalue weighted by atomic mass is 9.85. The summed E-state index contributed by atoms with van der Waals surface area (Å²) in [6.45, 7) is 13.7. The lowest BCUT2D eigenvalue weighted by Crippen LogP contribution is -2.19. The number of anilines is 6. The molecule has 0 atom stereocenters. The highest BCUT2D eigenvalue weighted by Crippen LogP contribution is 2.45. The highest BCUT2D eigenvalue weighted by atomic mass is 16.3. The van der Waals surface area contributed by atoms with Crippen LogP contribution in [-0.4, -0.2) is 0 Å². The second-order valence-electron chi connectivity index (χ2n) is 18.7. The van der Waals surface area contributed by atoms with Crippen LogP contribution in [0.3, 0.4) is 0 Å². The van der Waals surface area contributed by atoms with Crippen LogP contribution in [0.5, 0.6) is 0 Å². The van der Waals surface area contributed by atoms with E-state index in [1.807, 2.05) is 0 Å². The average molecular weight is 805 g/mol. The molecule has 4 heteroatoms. The molecule has 0 bridgehead atoms. The monoisotopic (exact) mass is 804 g/mol. The average Bonchev–Trinajstić information content (AvgIpc) is 3.80. The Hall–Kier alpha value is -7.30. The summed E-state index contributed by atoms with van der Waals surface area (Å²) in [7, 11) is 0. The SMILES string of the molecule is CC(C)(C)c1ccccc1N(c1ccccc1)c1ccc2cc3c(cc2c1)oc1cc2oc4cc5cc(N(c6ccccc6)c6ccccc6C(C)(C)C)ccc5cc4c2cc13. The van der Waals surface area contributed by atoms with Crippen LogP contribution in [0.4, 0.5) is 34.1 Å². The van der Waals surface area contributed by atoms with Crippen LogP contribution in [0.1, 0.15) is 52.7 Å². The van der Waals surface area contributed by atoms with E-state index in [1.54, 1.807) is 0 Å². The van der Waals surface area contributed by atoms with Gasteiger partial charge in [0.2, 0.25) is 0 Å². The molecule has 2 heterocycles. The van der Waals surface area contributed by atoms with Crippen molar-refractivity contribution in [1.29, 1.82) is 0 Å². The molecule has 0 aliphatic rings.